The Hall–Kier alpha value is -2.13. The van der Waals surface area contributed by atoms with E-state index in [2.05, 4.69) is 16.6 Å². The second-order valence-electron chi connectivity index (χ2n) is 4.97. The lowest BCUT2D eigenvalue weighted by molar-refractivity contribution is 0.0955. The highest BCUT2D eigenvalue weighted by molar-refractivity contribution is 6.30. The molecule has 2 aromatic rings. The molecule has 0 fully saturated rings. The van der Waals surface area contributed by atoms with Crippen molar-refractivity contribution in [1.29, 1.82) is 0 Å². The normalized spacial score (nSPS) is 11.3. The van der Waals surface area contributed by atoms with Gasteiger partial charge in [0.2, 0.25) is 0 Å². The Morgan fingerprint density at radius 1 is 1.14 bits per heavy atom. The number of benzene rings is 2. The van der Waals surface area contributed by atoms with E-state index in [0.29, 0.717) is 10.6 Å². The maximum atomic E-state index is 12.0. The highest BCUT2D eigenvalue weighted by Gasteiger charge is 2.06. The van der Waals surface area contributed by atoms with E-state index >= 15 is 0 Å². The molecule has 1 amide bonds. The van der Waals surface area contributed by atoms with Gasteiger partial charge in [-0.25, -0.2) is 5.43 Å². The van der Waals surface area contributed by atoms with E-state index in [0.717, 1.165) is 16.8 Å². The monoisotopic (exact) mass is 300 g/mol. The van der Waals surface area contributed by atoms with Crippen LogP contribution in [0.25, 0.3) is 0 Å². The van der Waals surface area contributed by atoms with Gasteiger partial charge < -0.3 is 0 Å². The first-order chi connectivity index (χ1) is 9.97. The van der Waals surface area contributed by atoms with Gasteiger partial charge in [0.1, 0.15) is 0 Å². The number of amides is 1. The maximum absolute atomic E-state index is 12.0. The van der Waals surface area contributed by atoms with Gasteiger partial charge in [-0.2, -0.15) is 5.10 Å². The molecule has 3 nitrogen and oxygen atoms in total. The van der Waals surface area contributed by atoms with Crippen LogP contribution >= 0.6 is 11.6 Å². The standard InChI is InChI=1S/C17H17ClN2O/c1-11-7-8-16(12(2)9-11)13(3)19-20-17(21)14-5-4-6-15(18)10-14/h4-10H,1-3H3,(H,20,21)/b19-13+. The van der Waals surface area contributed by atoms with Crippen LogP contribution in [-0.4, -0.2) is 11.6 Å². The van der Waals surface area contributed by atoms with Crippen molar-refractivity contribution in [2.45, 2.75) is 20.8 Å². The third-order valence-electron chi connectivity index (χ3n) is 3.18. The fraction of sp³-hybridized carbons (Fsp3) is 0.176. The smallest absolute Gasteiger partial charge is 0.267 e. The van der Waals surface area contributed by atoms with Crippen molar-refractivity contribution in [3.63, 3.8) is 0 Å². The molecule has 1 N–H and O–H groups in total. The summed E-state index contributed by atoms with van der Waals surface area (Å²) in [5.41, 5.74) is 7.16. The Morgan fingerprint density at radius 3 is 2.57 bits per heavy atom. The number of halogens is 1. The van der Waals surface area contributed by atoms with Crippen molar-refractivity contribution in [2.24, 2.45) is 5.10 Å². The van der Waals surface area contributed by atoms with Crippen LogP contribution in [0.3, 0.4) is 0 Å². The number of hydrogen-bond donors (Lipinski definition) is 1. The van der Waals surface area contributed by atoms with Gasteiger partial charge in [-0.1, -0.05) is 41.4 Å². The second-order valence-corrected chi connectivity index (χ2v) is 5.40. The average Bonchev–Trinajstić information content (AvgIpc) is 2.44. The SMILES string of the molecule is C/C(=N\NC(=O)c1cccc(Cl)c1)c1ccc(C)cc1C. The van der Waals surface area contributed by atoms with Crippen LogP contribution in [0.4, 0.5) is 0 Å². The summed E-state index contributed by atoms with van der Waals surface area (Å²) in [6.07, 6.45) is 0. The summed E-state index contributed by atoms with van der Waals surface area (Å²) in [6, 6.07) is 12.9. The van der Waals surface area contributed by atoms with Crippen LogP contribution in [0.1, 0.15) is 34.0 Å². The largest absolute Gasteiger partial charge is 0.271 e. The minimum Gasteiger partial charge on any atom is -0.267 e. The molecule has 0 radical (unpaired) electrons. The molecule has 0 saturated heterocycles. The first-order valence-corrected chi connectivity index (χ1v) is 7.03. The highest BCUT2D eigenvalue weighted by Crippen LogP contribution is 2.12. The summed E-state index contributed by atoms with van der Waals surface area (Å²) >= 11 is 5.87. The number of nitrogens with zero attached hydrogens (tertiary/aromatic N) is 1. The molecular weight excluding hydrogens is 284 g/mol. The van der Waals surface area contributed by atoms with Gasteiger partial charge in [-0.3, -0.25) is 4.79 Å². The molecule has 4 heteroatoms. The molecule has 21 heavy (non-hydrogen) atoms. The molecule has 0 saturated carbocycles. The molecule has 0 spiro atoms. The summed E-state index contributed by atoms with van der Waals surface area (Å²) in [5.74, 6) is -0.276. The fourth-order valence-electron chi connectivity index (χ4n) is 2.11. The van der Waals surface area contributed by atoms with E-state index in [1.165, 1.54) is 5.56 Å². The van der Waals surface area contributed by atoms with E-state index < -0.39 is 0 Å². The summed E-state index contributed by atoms with van der Waals surface area (Å²) in [7, 11) is 0. The van der Waals surface area contributed by atoms with Gasteiger partial charge in [0.05, 0.1) is 5.71 Å². The second kappa shape index (κ2) is 6.55. The number of aryl methyl sites for hydroxylation is 2. The third kappa shape index (κ3) is 3.92. The van der Waals surface area contributed by atoms with Gasteiger partial charge in [0.25, 0.3) is 5.91 Å². The van der Waals surface area contributed by atoms with Crippen LogP contribution < -0.4 is 5.43 Å². The van der Waals surface area contributed by atoms with Gasteiger partial charge in [0.15, 0.2) is 0 Å². The van der Waals surface area contributed by atoms with Gasteiger partial charge in [0, 0.05) is 16.1 Å². The molecule has 0 bridgehead atoms. The molecular formula is C17H17ClN2O. The summed E-state index contributed by atoms with van der Waals surface area (Å²) < 4.78 is 0. The lowest BCUT2D eigenvalue weighted by Gasteiger charge is -2.07. The lowest BCUT2D eigenvalue weighted by Crippen LogP contribution is -2.19. The first-order valence-electron chi connectivity index (χ1n) is 6.65. The van der Waals surface area contributed by atoms with E-state index in [9.17, 15) is 4.79 Å². The molecule has 0 aliphatic heterocycles. The van der Waals surface area contributed by atoms with E-state index in [1.807, 2.05) is 32.9 Å². The van der Waals surface area contributed by atoms with Crippen molar-refractivity contribution in [3.05, 3.63) is 69.7 Å². The average molecular weight is 301 g/mol. The van der Waals surface area contributed by atoms with Gasteiger partial charge in [-0.15, -0.1) is 0 Å². The van der Waals surface area contributed by atoms with Gasteiger partial charge >= 0.3 is 0 Å². The number of nitrogens with one attached hydrogen (secondary N) is 1. The van der Waals surface area contributed by atoms with Crippen LogP contribution in [0, 0.1) is 13.8 Å². The Balaban J connectivity index is 2.15. The van der Waals surface area contributed by atoms with E-state index in [1.54, 1.807) is 24.3 Å². The van der Waals surface area contributed by atoms with Crippen molar-refractivity contribution in [1.82, 2.24) is 5.43 Å². The molecule has 0 unspecified atom stereocenters. The zero-order valence-electron chi connectivity index (χ0n) is 12.3. The van der Waals surface area contributed by atoms with Crippen molar-refractivity contribution in [3.8, 4) is 0 Å². The van der Waals surface area contributed by atoms with Crippen LogP contribution in [0.5, 0.6) is 0 Å². The summed E-state index contributed by atoms with van der Waals surface area (Å²) in [6.45, 7) is 5.94. The topological polar surface area (TPSA) is 41.5 Å². The van der Waals surface area contributed by atoms with Crippen molar-refractivity contribution >= 4 is 23.2 Å². The van der Waals surface area contributed by atoms with Crippen LogP contribution in [0.2, 0.25) is 5.02 Å². The molecule has 0 heterocycles. The number of rotatable bonds is 3. The third-order valence-corrected chi connectivity index (χ3v) is 3.42. The Labute approximate surface area is 129 Å². The van der Waals surface area contributed by atoms with Gasteiger partial charge in [-0.05, 0) is 44.5 Å². The molecule has 0 atom stereocenters. The number of hydrogen-bond acceptors (Lipinski definition) is 2. The summed E-state index contributed by atoms with van der Waals surface area (Å²) in [5, 5.41) is 4.69. The zero-order valence-corrected chi connectivity index (χ0v) is 13.0. The lowest BCUT2D eigenvalue weighted by atomic mass is 10.0. The molecule has 2 rings (SSSR count). The fourth-order valence-corrected chi connectivity index (χ4v) is 2.30. The Kier molecular flexibility index (Phi) is 4.76. The maximum Gasteiger partial charge on any atom is 0.271 e. The molecule has 0 aliphatic rings. The van der Waals surface area contributed by atoms with E-state index in [4.69, 9.17) is 11.6 Å². The molecule has 108 valence electrons. The number of carbonyl (C=O) groups is 1. The predicted molar refractivity (Wildman–Crippen MR) is 87.0 cm³/mol. The predicted octanol–water partition coefficient (Wildman–Crippen LogP) is 4.11. The van der Waals surface area contributed by atoms with Crippen LogP contribution in [0.15, 0.2) is 47.6 Å². The quantitative estimate of drug-likeness (QED) is 0.672. The Morgan fingerprint density at radius 2 is 1.90 bits per heavy atom. The van der Waals surface area contributed by atoms with Crippen molar-refractivity contribution in [2.75, 3.05) is 0 Å². The zero-order chi connectivity index (χ0) is 15.4. The number of hydrazone groups is 1. The summed E-state index contributed by atoms with van der Waals surface area (Å²) in [4.78, 5) is 12.0. The molecule has 2 aromatic carbocycles. The van der Waals surface area contributed by atoms with Crippen LogP contribution in [-0.2, 0) is 0 Å². The van der Waals surface area contributed by atoms with Crippen molar-refractivity contribution < 1.29 is 4.79 Å². The Bertz CT molecular complexity index is 708. The first kappa shape index (κ1) is 15.3. The van der Waals surface area contributed by atoms with E-state index in [-0.39, 0.29) is 5.91 Å². The number of carbonyl (C=O) groups excluding carboxylic acids is 1. The minimum atomic E-state index is -0.276. The molecule has 0 aromatic heterocycles. The highest BCUT2D eigenvalue weighted by atomic mass is 35.5. The minimum absolute atomic E-state index is 0.276. The molecule has 0 aliphatic carbocycles.